The molecular formula is C20H25Cl3NO2+. The molecule has 3 aliphatic rings. The summed E-state index contributed by atoms with van der Waals surface area (Å²) in [7, 11) is 0. The molecule has 3 nitrogen and oxygen atoms in total. The van der Waals surface area contributed by atoms with Crippen molar-refractivity contribution < 1.29 is 14.4 Å². The van der Waals surface area contributed by atoms with E-state index in [0.717, 1.165) is 51.4 Å². The molecular weight excluding hydrogens is 393 g/mol. The zero-order valence-corrected chi connectivity index (χ0v) is 17.1. The quantitative estimate of drug-likeness (QED) is 0.446. The van der Waals surface area contributed by atoms with Gasteiger partial charge in [-0.25, -0.2) is 4.48 Å². The third-order valence-electron chi connectivity index (χ3n) is 7.40. The summed E-state index contributed by atoms with van der Waals surface area (Å²) in [5.41, 5.74) is 1.97. The smallest absolute Gasteiger partial charge is 0.435 e. The maximum absolute atomic E-state index is 12.9. The number of halogens is 3. The fraction of sp³-hybridized carbons (Fsp3) is 0.650. The predicted molar refractivity (Wildman–Crippen MR) is 105 cm³/mol. The number of alkyl halides is 3. The molecule has 142 valence electrons. The fourth-order valence-corrected chi connectivity index (χ4v) is 7.28. The Labute approximate surface area is 169 Å². The van der Waals surface area contributed by atoms with Gasteiger partial charge in [0, 0.05) is 17.4 Å². The Morgan fingerprint density at radius 3 is 2.50 bits per heavy atom. The number of carboxylic acid groups (broad SMARTS) is 1. The fourth-order valence-electron chi connectivity index (χ4n) is 6.66. The van der Waals surface area contributed by atoms with Crippen molar-refractivity contribution in [3.8, 4) is 0 Å². The number of carbonyl (C=O) groups is 1. The van der Waals surface area contributed by atoms with Crippen LogP contribution in [0, 0.1) is 5.41 Å². The Morgan fingerprint density at radius 1 is 1.08 bits per heavy atom. The topological polar surface area (TPSA) is 37.3 Å². The third-order valence-corrected chi connectivity index (χ3v) is 7.76. The Hall–Kier alpha value is -0.480. The molecule has 0 spiro atoms. The van der Waals surface area contributed by atoms with Crippen LogP contribution in [0.4, 0.5) is 4.79 Å². The van der Waals surface area contributed by atoms with E-state index in [1.165, 1.54) is 11.1 Å². The van der Waals surface area contributed by atoms with E-state index in [-0.39, 0.29) is 16.4 Å². The van der Waals surface area contributed by atoms with E-state index in [1.807, 2.05) is 6.07 Å². The number of quaternary nitrogens is 1. The van der Waals surface area contributed by atoms with Crippen molar-refractivity contribution in [3.05, 3.63) is 35.4 Å². The van der Waals surface area contributed by atoms with Crippen molar-refractivity contribution in [1.29, 1.82) is 0 Å². The molecule has 4 rings (SSSR count). The molecule has 3 unspecified atom stereocenters. The summed E-state index contributed by atoms with van der Waals surface area (Å²) in [4.78, 5) is 12.9. The number of hydrogen-bond donors (Lipinski definition) is 1. The molecule has 0 radical (unpaired) electrons. The van der Waals surface area contributed by atoms with Crippen LogP contribution >= 0.6 is 34.8 Å². The molecule has 1 aromatic rings. The molecule has 2 fully saturated rings. The van der Waals surface area contributed by atoms with Gasteiger partial charge in [-0.3, -0.25) is 0 Å². The highest BCUT2D eigenvalue weighted by Crippen LogP contribution is 2.67. The van der Waals surface area contributed by atoms with Gasteiger partial charge in [0.1, 0.15) is 12.1 Å². The molecule has 26 heavy (non-hydrogen) atoms. The van der Waals surface area contributed by atoms with Gasteiger partial charge in [0.2, 0.25) is 3.79 Å². The largest absolute Gasteiger partial charge is 0.514 e. The van der Waals surface area contributed by atoms with Crippen LogP contribution in [0.25, 0.3) is 0 Å². The third kappa shape index (κ3) is 2.47. The highest BCUT2D eigenvalue weighted by molar-refractivity contribution is 6.67. The van der Waals surface area contributed by atoms with E-state index in [0.29, 0.717) is 6.54 Å². The summed E-state index contributed by atoms with van der Waals surface area (Å²) in [5.74, 6) is 0. The van der Waals surface area contributed by atoms with Gasteiger partial charge in [-0.1, -0.05) is 65.5 Å². The van der Waals surface area contributed by atoms with E-state index < -0.39 is 15.4 Å². The summed E-state index contributed by atoms with van der Waals surface area (Å²) in [6, 6.07) is 8.40. The number of rotatable bonds is 1. The lowest BCUT2D eigenvalue weighted by molar-refractivity contribution is -0.936. The van der Waals surface area contributed by atoms with Crippen LogP contribution in [0.1, 0.15) is 56.1 Å². The van der Waals surface area contributed by atoms with Crippen LogP contribution in [-0.2, 0) is 12.0 Å². The van der Waals surface area contributed by atoms with Crippen molar-refractivity contribution in [2.45, 2.75) is 60.7 Å². The predicted octanol–water partition coefficient (Wildman–Crippen LogP) is 6.05. The minimum absolute atomic E-state index is 0.00778. The Morgan fingerprint density at radius 2 is 1.77 bits per heavy atom. The van der Waals surface area contributed by atoms with Gasteiger partial charge >= 0.3 is 6.09 Å². The Kier molecular flexibility index (Phi) is 4.55. The summed E-state index contributed by atoms with van der Waals surface area (Å²) in [6.07, 6.45) is 7.29. The molecule has 1 saturated carbocycles. The SMILES string of the molecule is O=C(O)[N+]1(CC(Cl)(Cl)Cl)CCCC23CCCCC21c1ccccc1CC3. The van der Waals surface area contributed by atoms with E-state index in [1.54, 1.807) is 0 Å². The van der Waals surface area contributed by atoms with Crippen LogP contribution in [0.3, 0.4) is 0 Å². The number of fused-ring (bicyclic) bond motifs is 1. The lowest BCUT2D eigenvalue weighted by Crippen LogP contribution is -2.77. The average molecular weight is 418 g/mol. The number of piperidine rings is 1. The molecule has 1 aliphatic heterocycles. The standard InChI is InChI=1S/C20H24Cl3NO2/c21-20(22,23)14-24(17(25)26)13-5-10-18-9-3-4-11-19(18,24)16-7-2-1-6-15(16)8-12-18/h1-2,6-7H,3-5,8-14H2/p+1. The molecule has 1 N–H and O–H groups in total. The second kappa shape index (κ2) is 6.27. The van der Waals surface area contributed by atoms with Crippen LogP contribution in [0.5, 0.6) is 0 Å². The molecule has 1 aromatic carbocycles. The zero-order chi connectivity index (χ0) is 18.6. The molecule has 1 saturated heterocycles. The van der Waals surface area contributed by atoms with Crippen molar-refractivity contribution >= 4 is 40.9 Å². The van der Waals surface area contributed by atoms with Crippen LogP contribution in [-0.4, -0.2) is 32.6 Å². The summed E-state index contributed by atoms with van der Waals surface area (Å²) in [6.45, 7) is 0.544. The van der Waals surface area contributed by atoms with Gasteiger partial charge in [-0.15, -0.1) is 0 Å². The first kappa shape index (κ1) is 18.9. The maximum atomic E-state index is 12.9. The van der Waals surface area contributed by atoms with Gasteiger partial charge in [-0.2, -0.15) is 4.79 Å². The van der Waals surface area contributed by atoms with Gasteiger partial charge in [-0.05, 0) is 44.1 Å². The molecule has 1 amide bonds. The van der Waals surface area contributed by atoms with Gasteiger partial charge in [0.05, 0.1) is 6.54 Å². The van der Waals surface area contributed by atoms with Gasteiger partial charge < -0.3 is 5.11 Å². The molecule has 1 heterocycles. The van der Waals surface area contributed by atoms with E-state index in [2.05, 4.69) is 18.2 Å². The van der Waals surface area contributed by atoms with Crippen molar-refractivity contribution in [2.24, 2.45) is 5.41 Å². The van der Waals surface area contributed by atoms with Crippen LogP contribution in [0.2, 0.25) is 0 Å². The average Bonchev–Trinajstić information content (AvgIpc) is 2.59. The van der Waals surface area contributed by atoms with Crippen molar-refractivity contribution in [2.75, 3.05) is 13.1 Å². The van der Waals surface area contributed by atoms with Crippen molar-refractivity contribution in [3.63, 3.8) is 0 Å². The van der Waals surface area contributed by atoms with Gasteiger partial charge in [0.25, 0.3) is 0 Å². The number of likely N-dealkylation sites (tertiary alicyclic amines) is 1. The minimum Gasteiger partial charge on any atom is -0.435 e. The Bertz CT molecular complexity index is 730. The molecule has 3 atom stereocenters. The second-order valence-electron chi connectivity index (χ2n) is 8.36. The maximum Gasteiger partial charge on any atom is 0.514 e. The number of amides is 1. The second-order valence-corrected chi connectivity index (χ2v) is 10.9. The monoisotopic (exact) mass is 416 g/mol. The number of benzene rings is 1. The first-order valence-corrected chi connectivity index (χ1v) is 10.7. The molecule has 0 bridgehead atoms. The first-order valence-electron chi connectivity index (χ1n) is 9.52. The van der Waals surface area contributed by atoms with Crippen LogP contribution in [0.15, 0.2) is 24.3 Å². The number of nitrogens with zero attached hydrogens (tertiary/aromatic N) is 1. The summed E-state index contributed by atoms with van der Waals surface area (Å²) in [5, 5.41) is 10.5. The minimum atomic E-state index is -1.60. The normalized spacial score (nSPS) is 36.6. The van der Waals surface area contributed by atoms with Crippen molar-refractivity contribution in [1.82, 2.24) is 0 Å². The molecule has 6 heteroatoms. The zero-order valence-electron chi connectivity index (χ0n) is 14.8. The first-order chi connectivity index (χ1) is 12.3. The highest BCUT2D eigenvalue weighted by atomic mass is 35.6. The summed E-state index contributed by atoms with van der Waals surface area (Å²) >= 11 is 18.7. The van der Waals surface area contributed by atoms with E-state index in [9.17, 15) is 9.90 Å². The Balaban J connectivity index is 2.02. The molecule has 2 aliphatic carbocycles. The number of hydrogen-bond acceptors (Lipinski definition) is 1. The lowest BCUT2D eigenvalue weighted by atomic mass is 9.48. The van der Waals surface area contributed by atoms with E-state index >= 15 is 0 Å². The summed E-state index contributed by atoms with van der Waals surface area (Å²) < 4.78 is -1.74. The van der Waals surface area contributed by atoms with E-state index in [4.69, 9.17) is 34.8 Å². The highest BCUT2D eigenvalue weighted by Gasteiger charge is 2.72. The number of aryl methyl sites for hydroxylation is 1. The lowest BCUT2D eigenvalue weighted by Gasteiger charge is -2.66. The van der Waals surface area contributed by atoms with Gasteiger partial charge in [0.15, 0.2) is 0 Å². The van der Waals surface area contributed by atoms with Crippen LogP contribution < -0.4 is 0 Å². The molecule has 0 aromatic heterocycles.